The van der Waals surface area contributed by atoms with Gasteiger partial charge in [0.25, 0.3) is 5.91 Å². The summed E-state index contributed by atoms with van der Waals surface area (Å²) in [6, 6.07) is 0. The van der Waals surface area contributed by atoms with E-state index in [0.717, 1.165) is 37.1 Å². The van der Waals surface area contributed by atoms with Crippen LogP contribution < -0.4 is 21.1 Å². The monoisotopic (exact) mass is 313 g/mol. The molecule has 0 saturated heterocycles. The van der Waals surface area contributed by atoms with E-state index in [1.807, 2.05) is 0 Å². The number of nitrogens with one attached hydrogen (secondary N) is 2. The number of carbonyl (C=O) groups is 1. The van der Waals surface area contributed by atoms with Gasteiger partial charge >= 0.3 is 0 Å². The quantitative estimate of drug-likeness (QED) is 0.607. The van der Waals surface area contributed by atoms with Crippen LogP contribution in [0.4, 0.5) is 10.7 Å². The van der Waals surface area contributed by atoms with E-state index >= 15 is 0 Å². The molecule has 6 nitrogen and oxygen atoms in total. The standard InChI is InChI=1S/C14H23N3O3S/c1-16-13(18)12-10(15)11(19-2)14(21-12)17-6-3-7-20-8-9-4-5-9/h9,17H,3-8,15H2,1-2H3,(H,16,18). The normalized spacial score (nSPS) is 14.0. The van der Waals surface area contributed by atoms with Crippen LogP contribution in [0.15, 0.2) is 0 Å². The lowest BCUT2D eigenvalue weighted by Crippen LogP contribution is -2.17. The fourth-order valence-corrected chi connectivity index (χ4v) is 3.00. The molecule has 4 N–H and O–H groups in total. The second-order valence-electron chi connectivity index (χ2n) is 5.08. The summed E-state index contributed by atoms with van der Waals surface area (Å²) < 4.78 is 10.9. The number of ether oxygens (including phenoxy) is 2. The van der Waals surface area contributed by atoms with Crippen LogP contribution in [0, 0.1) is 5.92 Å². The van der Waals surface area contributed by atoms with Crippen molar-refractivity contribution in [3.05, 3.63) is 4.88 Å². The van der Waals surface area contributed by atoms with Crippen LogP contribution in [0.3, 0.4) is 0 Å². The molecule has 7 heteroatoms. The van der Waals surface area contributed by atoms with E-state index in [1.165, 1.54) is 24.2 Å². The molecule has 1 amide bonds. The number of carbonyl (C=O) groups excluding carboxylic acids is 1. The molecule has 0 bridgehead atoms. The molecule has 2 rings (SSSR count). The molecule has 1 fully saturated rings. The van der Waals surface area contributed by atoms with Gasteiger partial charge in [0, 0.05) is 26.8 Å². The average Bonchev–Trinajstić information content (AvgIpc) is 3.25. The van der Waals surface area contributed by atoms with Gasteiger partial charge in [-0.2, -0.15) is 0 Å². The van der Waals surface area contributed by atoms with Crippen molar-refractivity contribution in [2.75, 3.05) is 45.0 Å². The first kappa shape index (κ1) is 15.9. The summed E-state index contributed by atoms with van der Waals surface area (Å²) >= 11 is 1.31. The first-order valence-corrected chi connectivity index (χ1v) is 7.99. The van der Waals surface area contributed by atoms with Gasteiger partial charge in [-0.25, -0.2) is 0 Å². The van der Waals surface area contributed by atoms with Crippen LogP contribution in [0.25, 0.3) is 0 Å². The van der Waals surface area contributed by atoms with Crippen molar-refractivity contribution in [2.24, 2.45) is 5.92 Å². The minimum Gasteiger partial charge on any atom is -0.492 e. The number of nitrogens with two attached hydrogens (primary N) is 1. The molecular weight excluding hydrogens is 290 g/mol. The Labute approximate surface area is 129 Å². The van der Waals surface area contributed by atoms with Gasteiger partial charge in [0.1, 0.15) is 15.6 Å². The van der Waals surface area contributed by atoms with E-state index in [2.05, 4.69) is 10.6 Å². The number of amides is 1. The molecule has 1 heterocycles. The fraction of sp³-hybridized carbons (Fsp3) is 0.643. The van der Waals surface area contributed by atoms with Gasteiger partial charge in [-0.05, 0) is 25.2 Å². The van der Waals surface area contributed by atoms with Crippen LogP contribution >= 0.6 is 11.3 Å². The molecular formula is C14H23N3O3S. The summed E-state index contributed by atoms with van der Waals surface area (Å²) in [6.45, 7) is 2.39. The number of nitrogen functional groups attached to an aromatic ring is 1. The molecule has 1 saturated carbocycles. The second-order valence-corrected chi connectivity index (χ2v) is 6.11. The van der Waals surface area contributed by atoms with Crippen LogP contribution in [0.5, 0.6) is 5.75 Å². The minimum absolute atomic E-state index is 0.198. The van der Waals surface area contributed by atoms with Crippen LogP contribution in [-0.2, 0) is 4.74 Å². The summed E-state index contributed by atoms with van der Waals surface area (Å²) in [6.07, 6.45) is 3.53. The van der Waals surface area contributed by atoms with Gasteiger partial charge in [-0.1, -0.05) is 0 Å². The Morgan fingerprint density at radius 1 is 1.48 bits per heavy atom. The molecule has 0 atom stereocenters. The average molecular weight is 313 g/mol. The molecule has 0 aliphatic heterocycles. The molecule has 0 radical (unpaired) electrons. The molecule has 118 valence electrons. The Morgan fingerprint density at radius 2 is 2.24 bits per heavy atom. The highest BCUT2D eigenvalue weighted by Crippen LogP contribution is 2.42. The highest BCUT2D eigenvalue weighted by molar-refractivity contribution is 7.19. The number of thiophene rings is 1. The van der Waals surface area contributed by atoms with E-state index in [1.54, 1.807) is 14.2 Å². The number of methoxy groups -OCH3 is 1. The lowest BCUT2D eigenvalue weighted by atomic mass is 10.3. The summed E-state index contributed by atoms with van der Waals surface area (Å²) in [5, 5.41) is 6.62. The Balaban J connectivity index is 1.81. The van der Waals surface area contributed by atoms with E-state index in [4.69, 9.17) is 15.2 Å². The SMILES string of the molecule is CNC(=O)c1sc(NCCCOCC2CC2)c(OC)c1N. The van der Waals surface area contributed by atoms with Crippen molar-refractivity contribution in [3.63, 3.8) is 0 Å². The number of hydrogen-bond donors (Lipinski definition) is 3. The molecule has 0 unspecified atom stereocenters. The van der Waals surface area contributed by atoms with Crippen molar-refractivity contribution >= 4 is 27.9 Å². The van der Waals surface area contributed by atoms with Gasteiger partial charge in [0.05, 0.1) is 7.11 Å². The maximum atomic E-state index is 11.7. The third kappa shape index (κ3) is 4.25. The first-order chi connectivity index (χ1) is 10.2. The largest absolute Gasteiger partial charge is 0.492 e. The molecule has 21 heavy (non-hydrogen) atoms. The molecule has 0 spiro atoms. The number of hydrogen-bond acceptors (Lipinski definition) is 6. The zero-order valence-corrected chi connectivity index (χ0v) is 13.3. The van der Waals surface area contributed by atoms with Crippen molar-refractivity contribution < 1.29 is 14.3 Å². The number of rotatable bonds is 9. The zero-order chi connectivity index (χ0) is 15.2. The van der Waals surface area contributed by atoms with Gasteiger partial charge in [0.2, 0.25) is 0 Å². The second kappa shape index (κ2) is 7.51. The highest BCUT2D eigenvalue weighted by Gasteiger charge is 2.22. The summed E-state index contributed by atoms with van der Waals surface area (Å²) in [5.74, 6) is 1.14. The van der Waals surface area contributed by atoms with Crippen molar-refractivity contribution in [2.45, 2.75) is 19.3 Å². The number of anilines is 2. The van der Waals surface area contributed by atoms with Crippen LogP contribution in [-0.4, -0.2) is 39.8 Å². The van der Waals surface area contributed by atoms with Crippen molar-refractivity contribution in [1.82, 2.24) is 5.32 Å². The summed E-state index contributed by atoms with van der Waals surface area (Å²) in [4.78, 5) is 12.2. The Hall–Kier alpha value is -1.47. The highest BCUT2D eigenvalue weighted by atomic mass is 32.1. The predicted molar refractivity (Wildman–Crippen MR) is 85.3 cm³/mol. The zero-order valence-electron chi connectivity index (χ0n) is 12.5. The van der Waals surface area contributed by atoms with Crippen molar-refractivity contribution in [1.29, 1.82) is 0 Å². The Morgan fingerprint density at radius 3 is 2.86 bits per heavy atom. The lowest BCUT2D eigenvalue weighted by Gasteiger charge is -2.07. The van der Waals surface area contributed by atoms with E-state index in [9.17, 15) is 4.79 Å². The minimum atomic E-state index is -0.198. The molecule has 1 aliphatic rings. The van der Waals surface area contributed by atoms with E-state index in [0.29, 0.717) is 16.3 Å². The smallest absolute Gasteiger partial charge is 0.263 e. The topological polar surface area (TPSA) is 85.6 Å². The van der Waals surface area contributed by atoms with E-state index in [-0.39, 0.29) is 5.91 Å². The van der Waals surface area contributed by atoms with Gasteiger partial charge in [-0.3, -0.25) is 4.79 Å². The van der Waals surface area contributed by atoms with Gasteiger partial charge in [-0.15, -0.1) is 11.3 Å². The molecule has 0 aromatic carbocycles. The molecule has 1 aliphatic carbocycles. The molecule has 1 aromatic rings. The van der Waals surface area contributed by atoms with E-state index < -0.39 is 0 Å². The van der Waals surface area contributed by atoms with Gasteiger partial charge in [0.15, 0.2) is 5.75 Å². The maximum absolute atomic E-state index is 11.7. The van der Waals surface area contributed by atoms with Gasteiger partial charge < -0.3 is 25.8 Å². The fourth-order valence-electron chi connectivity index (χ4n) is 1.94. The summed E-state index contributed by atoms with van der Waals surface area (Å²) in [7, 11) is 3.13. The predicted octanol–water partition coefficient (Wildman–Crippen LogP) is 1.93. The van der Waals surface area contributed by atoms with Crippen molar-refractivity contribution in [3.8, 4) is 5.75 Å². The lowest BCUT2D eigenvalue weighted by molar-refractivity contribution is 0.0967. The third-order valence-corrected chi connectivity index (χ3v) is 4.48. The molecule has 1 aromatic heterocycles. The first-order valence-electron chi connectivity index (χ1n) is 7.17. The van der Waals surface area contributed by atoms with Crippen LogP contribution in [0.1, 0.15) is 28.9 Å². The Kier molecular flexibility index (Phi) is 5.69. The summed E-state index contributed by atoms with van der Waals surface area (Å²) in [5.41, 5.74) is 6.33. The maximum Gasteiger partial charge on any atom is 0.263 e. The van der Waals surface area contributed by atoms with Crippen LogP contribution in [0.2, 0.25) is 0 Å². The third-order valence-electron chi connectivity index (χ3n) is 3.34. The Bertz CT molecular complexity index is 486.